The van der Waals surface area contributed by atoms with Crippen molar-refractivity contribution in [2.45, 2.75) is 77.7 Å². The van der Waals surface area contributed by atoms with Gasteiger partial charge >= 0.3 is 0 Å². The van der Waals surface area contributed by atoms with E-state index in [2.05, 4.69) is 23.8 Å². The summed E-state index contributed by atoms with van der Waals surface area (Å²) in [4.78, 5) is 21.2. The number of carbonyl (C=O) groups is 1. The molecule has 4 fully saturated rings. The van der Waals surface area contributed by atoms with Gasteiger partial charge in [0.2, 0.25) is 5.82 Å². The van der Waals surface area contributed by atoms with Gasteiger partial charge in [-0.15, -0.1) is 0 Å². The Morgan fingerprint density at radius 2 is 1.88 bits per heavy atom. The molecule has 4 saturated carbocycles. The molecule has 0 bridgehead atoms. The van der Waals surface area contributed by atoms with E-state index in [4.69, 9.17) is 10.00 Å². The minimum atomic E-state index is -0.477. The first kappa shape index (κ1) is 22.8. The summed E-state index contributed by atoms with van der Waals surface area (Å²) in [7, 11) is 0. The summed E-state index contributed by atoms with van der Waals surface area (Å²) >= 11 is 0. The Morgan fingerprint density at radius 1 is 1.15 bits per heavy atom. The predicted octanol–water partition coefficient (Wildman–Crippen LogP) is 4.56. The van der Waals surface area contributed by atoms with Gasteiger partial charge in [-0.1, -0.05) is 13.8 Å². The molecule has 4 aliphatic rings. The zero-order valence-electron chi connectivity index (χ0n) is 20.2. The number of aliphatic hydroxyl groups is 1. The number of carbonyl (C=O) groups excluding carboxylic acids is 1. The summed E-state index contributed by atoms with van der Waals surface area (Å²) in [5.74, 6) is 4.85. The van der Waals surface area contributed by atoms with Crippen molar-refractivity contribution in [3.63, 3.8) is 0 Å². The second-order valence-electron chi connectivity index (χ2n) is 12.0. The Morgan fingerprint density at radius 3 is 2.61 bits per heavy atom. The highest BCUT2D eigenvalue weighted by molar-refractivity contribution is 5.83. The zero-order valence-corrected chi connectivity index (χ0v) is 20.2. The summed E-state index contributed by atoms with van der Waals surface area (Å²) in [6.45, 7) is 6.81. The molecule has 33 heavy (non-hydrogen) atoms. The van der Waals surface area contributed by atoms with Gasteiger partial charge in [-0.2, -0.15) is 5.26 Å². The number of hydrogen-bond donors (Lipinski definition) is 1. The van der Waals surface area contributed by atoms with Gasteiger partial charge in [0.1, 0.15) is 12.7 Å². The van der Waals surface area contributed by atoms with Gasteiger partial charge in [0, 0.05) is 5.92 Å². The molecule has 4 aliphatic carbocycles. The summed E-state index contributed by atoms with van der Waals surface area (Å²) in [5.41, 5.74) is -0.426. The monoisotopic (exact) mass is 451 g/mol. The largest absolute Gasteiger partial charge is 0.483 e. The zero-order chi connectivity index (χ0) is 23.4. The van der Waals surface area contributed by atoms with Gasteiger partial charge in [-0.25, -0.2) is 9.97 Å². The van der Waals surface area contributed by atoms with Crippen molar-refractivity contribution in [2.75, 3.05) is 6.61 Å². The Kier molecular flexibility index (Phi) is 5.76. The van der Waals surface area contributed by atoms with E-state index < -0.39 is 5.60 Å². The molecule has 0 spiro atoms. The van der Waals surface area contributed by atoms with Crippen LogP contribution in [0.3, 0.4) is 0 Å². The third-order valence-electron chi connectivity index (χ3n) is 10.0. The van der Waals surface area contributed by atoms with Crippen molar-refractivity contribution in [1.29, 1.82) is 5.26 Å². The van der Waals surface area contributed by atoms with E-state index >= 15 is 0 Å². The lowest BCUT2D eigenvalue weighted by Crippen LogP contribution is -2.52. The highest BCUT2D eigenvalue weighted by Crippen LogP contribution is 2.66. The van der Waals surface area contributed by atoms with Gasteiger partial charge in [-0.05, 0) is 99.2 Å². The number of ether oxygens (including phenoxy) is 1. The van der Waals surface area contributed by atoms with Crippen LogP contribution in [0.4, 0.5) is 0 Å². The van der Waals surface area contributed by atoms with Gasteiger partial charge in [0.05, 0.1) is 18.0 Å². The van der Waals surface area contributed by atoms with Gasteiger partial charge in [-0.3, -0.25) is 4.79 Å². The molecule has 0 radical (unpaired) electrons. The van der Waals surface area contributed by atoms with Crippen molar-refractivity contribution >= 4 is 5.78 Å². The first-order valence-corrected chi connectivity index (χ1v) is 12.8. The molecule has 6 heteroatoms. The van der Waals surface area contributed by atoms with Crippen LogP contribution in [0.1, 0.15) is 78.0 Å². The highest BCUT2D eigenvalue weighted by Gasteiger charge is 2.61. The fourth-order valence-electron chi connectivity index (χ4n) is 8.83. The third-order valence-corrected chi connectivity index (χ3v) is 10.0. The van der Waals surface area contributed by atoms with E-state index in [0.717, 1.165) is 37.5 Å². The van der Waals surface area contributed by atoms with Gasteiger partial charge in [0.15, 0.2) is 11.5 Å². The fraction of sp³-hybridized carbons (Fsp3) is 0.778. The normalized spacial score (nSPS) is 44.2. The molecule has 5 rings (SSSR count). The van der Waals surface area contributed by atoms with E-state index in [-0.39, 0.29) is 29.5 Å². The molecule has 1 aromatic rings. The Bertz CT molecular complexity index is 939. The first-order chi connectivity index (χ1) is 15.7. The van der Waals surface area contributed by atoms with Crippen LogP contribution in [0, 0.1) is 58.2 Å². The van der Waals surface area contributed by atoms with Crippen molar-refractivity contribution < 1.29 is 14.6 Å². The van der Waals surface area contributed by atoms with Crippen LogP contribution in [0.5, 0.6) is 5.75 Å². The van der Waals surface area contributed by atoms with Crippen LogP contribution >= 0.6 is 0 Å². The van der Waals surface area contributed by atoms with Crippen LogP contribution in [0.2, 0.25) is 0 Å². The molecular weight excluding hydrogens is 414 g/mol. The lowest BCUT2D eigenvalue weighted by molar-refractivity contribution is -0.134. The minimum Gasteiger partial charge on any atom is -0.483 e. The lowest BCUT2D eigenvalue weighted by atomic mass is 9.48. The average Bonchev–Trinajstić information content (AvgIpc) is 3.07. The highest BCUT2D eigenvalue weighted by atomic mass is 16.5. The molecule has 178 valence electrons. The van der Waals surface area contributed by atoms with Crippen LogP contribution in [-0.4, -0.2) is 33.1 Å². The quantitative estimate of drug-likeness (QED) is 0.721. The Hall–Kier alpha value is -2.00. The Labute approximate surface area is 197 Å². The topological polar surface area (TPSA) is 96.1 Å². The van der Waals surface area contributed by atoms with E-state index in [1.807, 2.05) is 13.0 Å². The van der Waals surface area contributed by atoms with E-state index in [0.29, 0.717) is 29.4 Å². The average molecular weight is 452 g/mol. The van der Waals surface area contributed by atoms with Crippen molar-refractivity contribution in [3.8, 4) is 11.8 Å². The number of Topliss-reactive ketones (excluding diaryl/α,β-unsaturated/α-hetero) is 1. The standard InChI is InChI=1S/C27H37N3O3/c1-16-10-22(23(31)15-33-18-13-29-24(12-28)30-14-18)27(3)9-7-20-19-6-8-26(2,32)11-17(19)4-5-21(20)25(16)27/h13-14,16-17,19-22,25,32H,4-11,15H2,1-3H3/t16-,17-,19+,20-,21-,22-,25+,26-,27-/m1/s1. The number of fused-ring (bicyclic) bond motifs is 5. The second kappa shape index (κ2) is 8.34. The molecule has 1 aromatic heterocycles. The third kappa shape index (κ3) is 3.97. The van der Waals surface area contributed by atoms with Crippen LogP contribution in [-0.2, 0) is 4.79 Å². The molecule has 1 N–H and O–H groups in total. The molecule has 0 amide bonds. The SMILES string of the molecule is C[C@@H]1C[C@H](C(=O)COc2cnc(C#N)nc2)[C@@]2(C)CC[C@H]3[C@@H](CC[C@@H]4C[C@](C)(O)CC[C@@H]43)[C@H]12. The van der Waals surface area contributed by atoms with Crippen LogP contribution in [0.25, 0.3) is 0 Å². The lowest BCUT2D eigenvalue weighted by Gasteiger charge is -2.57. The van der Waals surface area contributed by atoms with Crippen LogP contribution in [0.15, 0.2) is 12.4 Å². The van der Waals surface area contributed by atoms with E-state index in [1.54, 1.807) is 0 Å². The van der Waals surface area contributed by atoms with Crippen molar-refractivity contribution in [1.82, 2.24) is 9.97 Å². The smallest absolute Gasteiger partial charge is 0.232 e. The fourth-order valence-corrected chi connectivity index (χ4v) is 8.83. The van der Waals surface area contributed by atoms with Crippen molar-refractivity contribution in [2.24, 2.45) is 46.8 Å². The Balaban J connectivity index is 1.28. The summed E-state index contributed by atoms with van der Waals surface area (Å²) in [6, 6.07) is 1.89. The maximum absolute atomic E-state index is 13.4. The molecule has 6 nitrogen and oxygen atoms in total. The minimum absolute atomic E-state index is 0.0440. The molecule has 0 unspecified atom stereocenters. The van der Waals surface area contributed by atoms with Crippen molar-refractivity contribution in [3.05, 3.63) is 18.2 Å². The molecule has 9 atom stereocenters. The number of nitrogens with zero attached hydrogens (tertiary/aromatic N) is 3. The summed E-state index contributed by atoms with van der Waals surface area (Å²) < 4.78 is 5.73. The number of rotatable bonds is 4. The molecular formula is C27H37N3O3. The summed E-state index contributed by atoms with van der Waals surface area (Å²) in [5, 5.41) is 19.5. The molecule has 0 aromatic carbocycles. The second-order valence-corrected chi connectivity index (χ2v) is 12.0. The summed E-state index contributed by atoms with van der Waals surface area (Å²) in [6.07, 6.45) is 11.8. The first-order valence-electron chi connectivity index (χ1n) is 12.8. The number of hydrogen-bond acceptors (Lipinski definition) is 6. The number of ketones is 1. The maximum atomic E-state index is 13.4. The van der Waals surface area contributed by atoms with Crippen LogP contribution < -0.4 is 4.74 Å². The number of aromatic nitrogens is 2. The number of nitriles is 1. The molecule has 1 heterocycles. The van der Waals surface area contributed by atoms with E-state index in [1.165, 1.54) is 38.1 Å². The van der Waals surface area contributed by atoms with Gasteiger partial charge < -0.3 is 9.84 Å². The predicted molar refractivity (Wildman–Crippen MR) is 123 cm³/mol. The maximum Gasteiger partial charge on any atom is 0.232 e. The molecule has 0 aliphatic heterocycles. The molecule has 0 saturated heterocycles. The van der Waals surface area contributed by atoms with E-state index in [9.17, 15) is 9.90 Å². The van der Waals surface area contributed by atoms with Gasteiger partial charge in [0.25, 0.3) is 0 Å².